The zero-order chi connectivity index (χ0) is 21.2. The normalized spacial score (nSPS) is 11.0. The molecule has 0 aromatic carbocycles. The summed E-state index contributed by atoms with van der Waals surface area (Å²) in [7, 11) is 0. The lowest BCUT2D eigenvalue weighted by atomic mass is 10.1. The molecule has 152 valence electrons. The number of ether oxygens (including phenoxy) is 1. The maximum Gasteiger partial charge on any atom is 0.341 e. The molecule has 0 radical (unpaired) electrons. The number of nitrogens with zero attached hydrogens (tertiary/aromatic N) is 2. The van der Waals surface area contributed by atoms with Crippen molar-refractivity contribution in [1.29, 1.82) is 0 Å². The molecule has 0 unspecified atom stereocenters. The summed E-state index contributed by atoms with van der Waals surface area (Å²) >= 11 is 3.87. The van der Waals surface area contributed by atoms with Crippen molar-refractivity contribution in [3.63, 3.8) is 0 Å². The van der Waals surface area contributed by atoms with Gasteiger partial charge in [-0.05, 0) is 42.3 Å². The molecule has 0 bridgehead atoms. The van der Waals surface area contributed by atoms with E-state index in [1.54, 1.807) is 6.92 Å². The molecule has 0 saturated carbocycles. The Labute approximate surface area is 171 Å². The van der Waals surface area contributed by atoms with Gasteiger partial charge in [0.2, 0.25) is 5.91 Å². The van der Waals surface area contributed by atoms with Gasteiger partial charge in [0.25, 0.3) is 12.3 Å². The summed E-state index contributed by atoms with van der Waals surface area (Å²) in [6.07, 6.45) is -2.80. The molecule has 2 aromatic heterocycles. The smallest absolute Gasteiger partial charge is 0.341 e. The van der Waals surface area contributed by atoms with Crippen LogP contribution in [0.1, 0.15) is 50.3 Å². The molecule has 2 heterocycles. The number of alkyl halides is 2. The quantitative estimate of drug-likeness (QED) is 0.592. The Bertz CT molecular complexity index is 942. The molecular weight excluding hydrogens is 462 g/mol. The first-order valence-electron chi connectivity index (χ1n) is 7.99. The van der Waals surface area contributed by atoms with Crippen LogP contribution >= 0.6 is 27.3 Å². The average molecular weight is 479 g/mol. The van der Waals surface area contributed by atoms with Gasteiger partial charge in [-0.25, -0.2) is 13.6 Å². The van der Waals surface area contributed by atoms with Crippen molar-refractivity contribution in [2.24, 2.45) is 5.73 Å². The van der Waals surface area contributed by atoms with Crippen LogP contribution in [0.3, 0.4) is 0 Å². The van der Waals surface area contributed by atoms with Crippen molar-refractivity contribution in [3.05, 3.63) is 31.9 Å². The number of primary amides is 1. The lowest BCUT2D eigenvalue weighted by Gasteiger charge is -2.08. The molecule has 3 N–H and O–H groups in total. The van der Waals surface area contributed by atoms with Gasteiger partial charge in [-0.3, -0.25) is 14.3 Å². The predicted molar refractivity (Wildman–Crippen MR) is 102 cm³/mol. The number of anilines is 1. The Kier molecular flexibility index (Phi) is 6.88. The Morgan fingerprint density at radius 3 is 2.50 bits per heavy atom. The fourth-order valence-electron chi connectivity index (χ4n) is 2.43. The Morgan fingerprint density at radius 1 is 1.36 bits per heavy atom. The molecule has 0 atom stereocenters. The maximum absolute atomic E-state index is 12.9. The Morgan fingerprint density at radius 2 is 2.00 bits per heavy atom. The van der Waals surface area contributed by atoms with Crippen LogP contribution in [0.4, 0.5) is 13.8 Å². The zero-order valence-electron chi connectivity index (χ0n) is 15.1. The molecule has 2 rings (SSSR count). The topological polar surface area (TPSA) is 116 Å². The van der Waals surface area contributed by atoms with Gasteiger partial charge in [0.05, 0.1) is 27.2 Å². The maximum atomic E-state index is 12.9. The van der Waals surface area contributed by atoms with E-state index >= 15 is 0 Å². The molecule has 8 nitrogen and oxygen atoms in total. The number of nitrogens with one attached hydrogen (secondary N) is 1. The van der Waals surface area contributed by atoms with Crippen LogP contribution < -0.4 is 11.1 Å². The standard InChI is InChI=1S/C16H17BrF2N4O4S/c1-4-27-16(26)9-6(2)12(14(20)25)28-15(9)21-8(24)5-23-7(3)10(17)11(22-23)13(18)19/h13H,4-5H2,1-3H3,(H2,20,25)(H,21,24). The first-order chi connectivity index (χ1) is 13.1. The van der Waals surface area contributed by atoms with Crippen LogP contribution in [0.5, 0.6) is 0 Å². The van der Waals surface area contributed by atoms with Gasteiger partial charge in [-0.15, -0.1) is 11.3 Å². The van der Waals surface area contributed by atoms with E-state index in [0.717, 1.165) is 16.0 Å². The molecule has 0 aliphatic rings. The number of carbonyl (C=O) groups is 3. The number of aromatic nitrogens is 2. The second kappa shape index (κ2) is 8.78. The third-order valence-electron chi connectivity index (χ3n) is 3.76. The van der Waals surface area contributed by atoms with Crippen molar-refractivity contribution >= 4 is 50.1 Å². The minimum absolute atomic E-state index is 0.0284. The molecule has 2 aromatic rings. The van der Waals surface area contributed by atoms with Crippen molar-refractivity contribution in [2.45, 2.75) is 33.7 Å². The SMILES string of the molecule is CCOC(=O)c1c(NC(=O)Cn2nc(C(F)F)c(Br)c2C)sc(C(N)=O)c1C. The minimum atomic E-state index is -2.80. The highest BCUT2D eigenvalue weighted by Gasteiger charge is 2.26. The summed E-state index contributed by atoms with van der Waals surface area (Å²) < 4.78 is 32.1. The highest BCUT2D eigenvalue weighted by Crippen LogP contribution is 2.34. The van der Waals surface area contributed by atoms with Gasteiger partial charge in [0.1, 0.15) is 17.2 Å². The molecule has 2 amide bonds. The number of amides is 2. The van der Waals surface area contributed by atoms with E-state index in [-0.39, 0.29) is 33.1 Å². The lowest BCUT2D eigenvalue weighted by Crippen LogP contribution is -2.21. The van der Waals surface area contributed by atoms with E-state index in [0.29, 0.717) is 11.3 Å². The number of thiophene rings is 1. The van der Waals surface area contributed by atoms with Crippen LogP contribution in [0, 0.1) is 13.8 Å². The number of esters is 1. The molecule has 0 aliphatic carbocycles. The predicted octanol–water partition coefficient (Wildman–Crippen LogP) is 3.18. The Hall–Kier alpha value is -2.34. The number of rotatable bonds is 7. The van der Waals surface area contributed by atoms with Crippen molar-refractivity contribution in [1.82, 2.24) is 9.78 Å². The van der Waals surface area contributed by atoms with Crippen LogP contribution in [0.15, 0.2) is 4.47 Å². The first kappa shape index (κ1) is 22.0. The van der Waals surface area contributed by atoms with E-state index in [4.69, 9.17) is 10.5 Å². The summed E-state index contributed by atoms with van der Waals surface area (Å²) in [6.45, 7) is 4.39. The second-order valence-electron chi connectivity index (χ2n) is 5.64. The van der Waals surface area contributed by atoms with E-state index in [9.17, 15) is 23.2 Å². The van der Waals surface area contributed by atoms with Crippen LogP contribution in [-0.4, -0.2) is 34.2 Å². The molecule has 12 heteroatoms. The van der Waals surface area contributed by atoms with Crippen molar-refractivity contribution < 1.29 is 27.9 Å². The number of hydrogen-bond acceptors (Lipinski definition) is 6. The van der Waals surface area contributed by atoms with E-state index < -0.39 is 29.9 Å². The van der Waals surface area contributed by atoms with Gasteiger partial charge in [-0.1, -0.05) is 0 Å². The highest BCUT2D eigenvalue weighted by atomic mass is 79.9. The zero-order valence-corrected chi connectivity index (χ0v) is 17.5. The fourth-order valence-corrected chi connectivity index (χ4v) is 3.95. The average Bonchev–Trinajstić information content (AvgIpc) is 3.06. The number of nitrogens with two attached hydrogens (primary N) is 1. The fraction of sp³-hybridized carbons (Fsp3) is 0.375. The summed E-state index contributed by atoms with van der Waals surface area (Å²) in [5.41, 5.74) is 5.51. The monoisotopic (exact) mass is 478 g/mol. The first-order valence-corrected chi connectivity index (χ1v) is 9.60. The molecular formula is C16H17BrF2N4O4S. The third-order valence-corrected chi connectivity index (χ3v) is 5.96. The summed E-state index contributed by atoms with van der Waals surface area (Å²) in [5.74, 6) is -2.08. The summed E-state index contributed by atoms with van der Waals surface area (Å²) in [6, 6.07) is 0. The highest BCUT2D eigenvalue weighted by molar-refractivity contribution is 9.10. The van der Waals surface area contributed by atoms with Crippen molar-refractivity contribution in [3.8, 4) is 0 Å². The van der Waals surface area contributed by atoms with Gasteiger partial charge in [0, 0.05) is 0 Å². The molecule has 0 aliphatic heterocycles. The molecule has 0 spiro atoms. The lowest BCUT2D eigenvalue weighted by molar-refractivity contribution is -0.116. The largest absolute Gasteiger partial charge is 0.462 e. The second-order valence-corrected chi connectivity index (χ2v) is 7.45. The van der Waals surface area contributed by atoms with Gasteiger partial charge >= 0.3 is 5.97 Å². The number of carbonyl (C=O) groups excluding carboxylic acids is 3. The van der Waals surface area contributed by atoms with E-state index in [2.05, 4.69) is 26.3 Å². The van der Waals surface area contributed by atoms with Crippen LogP contribution in [0.2, 0.25) is 0 Å². The number of hydrogen-bond donors (Lipinski definition) is 2. The van der Waals surface area contributed by atoms with Gasteiger partial charge < -0.3 is 15.8 Å². The van der Waals surface area contributed by atoms with Gasteiger partial charge in [-0.2, -0.15) is 5.10 Å². The van der Waals surface area contributed by atoms with Crippen LogP contribution in [-0.2, 0) is 16.1 Å². The Balaban J connectivity index is 2.31. The van der Waals surface area contributed by atoms with E-state index in [1.807, 2.05) is 0 Å². The molecule has 28 heavy (non-hydrogen) atoms. The van der Waals surface area contributed by atoms with E-state index in [1.165, 1.54) is 13.8 Å². The van der Waals surface area contributed by atoms with Crippen molar-refractivity contribution in [2.75, 3.05) is 11.9 Å². The minimum Gasteiger partial charge on any atom is -0.462 e. The third kappa shape index (κ3) is 4.38. The summed E-state index contributed by atoms with van der Waals surface area (Å²) in [5, 5.41) is 6.32. The van der Waals surface area contributed by atoms with Crippen LogP contribution in [0.25, 0.3) is 0 Å². The number of halogens is 3. The molecule has 0 fully saturated rings. The van der Waals surface area contributed by atoms with Gasteiger partial charge in [0.15, 0.2) is 0 Å². The molecule has 0 saturated heterocycles. The summed E-state index contributed by atoms with van der Waals surface area (Å²) in [4.78, 5) is 36.3.